The van der Waals surface area contributed by atoms with E-state index in [0.717, 1.165) is 11.8 Å². The van der Waals surface area contributed by atoms with E-state index in [9.17, 15) is 0 Å². The number of aryl methyl sites for hydroxylation is 1. The summed E-state index contributed by atoms with van der Waals surface area (Å²) in [6.07, 6.45) is 13.1. The van der Waals surface area contributed by atoms with E-state index in [4.69, 9.17) is 0 Å². The van der Waals surface area contributed by atoms with Crippen LogP contribution in [0.2, 0.25) is 14.8 Å². The minimum atomic E-state index is -2.29. The summed E-state index contributed by atoms with van der Waals surface area (Å²) in [5.74, 6) is 1.62. The summed E-state index contributed by atoms with van der Waals surface area (Å²) < 4.78 is 4.74. The molecule has 2 atom stereocenters. The Hall–Kier alpha value is -0.661. The number of hydrogen-bond acceptors (Lipinski definition) is 4. The zero-order chi connectivity index (χ0) is 30.7. The van der Waals surface area contributed by atoms with Crippen molar-refractivity contribution in [2.75, 3.05) is 0 Å². The van der Waals surface area contributed by atoms with Crippen LogP contribution in [0.25, 0.3) is 41.1 Å². The summed E-state index contributed by atoms with van der Waals surface area (Å²) in [4.78, 5) is 15.3. The molecule has 2 unspecified atom stereocenters. The molecule has 5 rings (SSSR count). The molecule has 43 heavy (non-hydrogen) atoms. The molecule has 0 aliphatic carbocycles. The molecule has 0 spiro atoms. The number of fused-ring (bicyclic) bond motifs is 2. The molecule has 0 saturated carbocycles. The third kappa shape index (κ3) is 7.67. The number of rotatable bonds is 15. The number of unbranched alkanes of at least 4 members (excludes halogenated alkanes) is 2. The summed E-state index contributed by atoms with van der Waals surface area (Å²) >= 11 is 6.01. The minimum absolute atomic E-state index is 0.808. The third-order valence-electron chi connectivity index (χ3n) is 9.20. The van der Waals surface area contributed by atoms with Gasteiger partial charge < -0.3 is 0 Å². The fourth-order valence-corrected chi connectivity index (χ4v) is 16.5. The van der Waals surface area contributed by atoms with Crippen molar-refractivity contribution in [3.05, 3.63) is 51.0 Å². The Morgan fingerprint density at radius 3 is 1.58 bits per heavy atom. The van der Waals surface area contributed by atoms with E-state index in [-0.39, 0.29) is 0 Å². The van der Waals surface area contributed by atoms with E-state index >= 15 is 0 Å². The van der Waals surface area contributed by atoms with Crippen molar-refractivity contribution in [1.82, 2.24) is 0 Å². The second-order valence-electron chi connectivity index (χ2n) is 13.7. The van der Waals surface area contributed by atoms with Crippen LogP contribution in [0.4, 0.5) is 0 Å². The van der Waals surface area contributed by atoms with Gasteiger partial charge in [0.25, 0.3) is 0 Å². The Labute approximate surface area is 281 Å². The van der Waals surface area contributed by atoms with Gasteiger partial charge >= 0.3 is 270 Å². The molecule has 0 fully saturated rings. The normalized spacial score (nSPS) is 13.9. The summed E-state index contributed by atoms with van der Waals surface area (Å²) in [6, 6.07) is 15.0. The average molecular weight is 756 g/mol. The molecule has 5 aromatic rings. The van der Waals surface area contributed by atoms with Gasteiger partial charge in [-0.3, -0.25) is 0 Å². The standard InChI is InChI=1S/C35H43S4.3CH3.Sn/c1-6-10-12-24(8-3)21-26-14-16-30(38-26)32-28-18-19-36-34(28)33(29-20-23(5)37-35(29)32)31-17-15-27(39-31)22-25(9-4)13-11-7-2;;;;/h14-18,20,24-25H,6-13,21-22H2,1-5H3;3*1H3;. The Morgan fingerprint density at radius 1 is 0.628 bits per heavy atom. The van der Waals surface area contributed by atoms with E-state index in [1.54, 1.807) is 12.6 Å². The van der Waals surface area contributed by atoms with Gasteiger partial charge in [-0.2, -0.15) is 0 Å². The van der Waals surface area contributed by atoms with Crippen LogP contribution in [0.1, 0.15) is 93.7 Å². The van der Waals surface area contributed by atoms with Crippen molar-refractivity contribution >= 4 is 86.8 Å². The van der Waals surface area contributed by atoms with Crippen LogP contribution in [0, 0.1) is 18.8 Å². The average Bonchev–Trinajstić information content (AvgIpc) is 3.78. The van der Waals surface area contributed by atoms with E-state index in [2.05, 4.69) is 120 Å². The van der Waals surface area contributed by atoms with Gasteiger partial charge in [0, 0.05) is 0 Å². The molecule has 0 nitrogen and oxygen atoms in total. The summed E-state index contributed by atoms with van der Waals surface area (Å²) in [5, 5.41) is 3.00. The van der Waals surface area contributed by atoms with Crippen molar-refractivity contribution in [2.45, 2.75) is 114 Å². The molecule has 1 aromatic carbocycles. The molecular weight excluding hydrogens is 703 g/mol. The van der Waals surface area contributed by atoms with Crippen molar-refractivity contribution in [1.29, 1.82) is 0 Å². The number of thiophene rings is 4. The zero-order valence-corrected chi connectivity index (χ0v) is 33.9. The first-order valence-electron chi connectivity index (χ1n) is 16.8. The van der Waals surface area contributed by atoms with Crippen LogP contribution in [0.15, 0.2) is 36.4 Å². The Balaban J connectivity index is 1.64. The quantitative estimate of drug-likeness (QED) is 0.0934. The fourth-order valence-electron chi connectivity index (χ4n) is 6.45. The van der Waals surface area contributed by atoms with E-state index in [1.807, 2.05) is 11.3 Å². The van der Waals surface area contributed by atoms with Crippen LogP contribution in [-0.4, -0.2) is 18.4 Å². The first-order valence-corrected chi connectivity index (χ1v) is 30.1. The molecule has 0 aliphatic rings. The van der Waals surface area contributed by atoms with Gasteiger partial charge in [-0.1, -0.05) is 13.8 Å². The first kappa shape index (κ1) is 33.7. The van der Waals surface area contributed by atoms with Gasteiger partial charge in [0.15, 0.2) is 0 Å². The van der Waals surface area contributed by atoms with Crippen LogP contribution in [0.3, 0.4) is 0 Å². The zero-order valence-electron chi connectivity index (χ0n) is 27.8. The Bertz CT molecular complexity index is 1520. The second-order valence-corrected chi connectivity index (χ2v) is 33.8. The molecule has 0 saturated heterocycles. The maximum atomic E-state index is 2.64. The van der Waals surface area contributed by atoms with Gasteiger partial charge in [0.1, 0.15) is 0 Å². The fraction of sp³-hybridized carbons (Fsp3) is 0.526. The van der Waals surface area contributed by atoms with Gasteiger partial charge in [-0.05, 0) is 0 Å². The predicted molar refractivity (Wildman–Crippen MR) is 206 cm³/mol. The molecule has 5 heteroatoms. The maximum absolute atomic E-state index is 2.64. The summed E-state index contributed by atoms with van der Waals surface area (Å²) in [6.45, 7) is 11.7. The first-order chi connectivity index (χ1) is 20.7. The van der Waals surface area contributed by atoms with Gasteiger partial charge in [-0.25, -0.2) is 0 Å². The molecule has 0 N–H and O–H groups in total. The molecule has 4 aromatic heterocycles. The molecule has 232 valence electrons. The van der Waals surface area contributed by atoms with Gasteiger partial charge in [0.05, 0.1) is 0 Å². The summed E-state index contributed by atoms with van der Waals surface area (Å²) in [7, 11) is 0. The molecule has 4 heterocycles. The van der Waals surface area contributed by atoms with Gasteiger partial charge in [0.2, 0.25) is 0 Å². The molecule has 0 aliphatic heterocycles. The molecule has 0 amide bonds. The summed E-state index contributed by atoms with van der Waals surface area (Å²) in [5.41, 5.74) is 3.04. The van der Waals surface area contributed by atoms with Crippen molar-refractivity contribution < 1.29 is 0 Å². The van der Waals surface area contributed by atoms with Crippen molar-refractivity contribution in [3.63, 3.8) is 0 Å². The molecule has 0 bridgehead atoms. The van der Waals surface area contributed by atoms with Crippen molar-refractivity contribution in [2.24, 2.45) is 11.8 Å². The van der Waals surface area contributed by atoms with Crippen LogP contribution >= 0.6 is 45.3 Å². The second kappa shape index (κ2) is 14.8. The van der Waals surface area contributed by atoms with Crippen LogP contribution in [-0.2, 0) is 12.8 Å². The van der Waals surface area contributed by atoms with Crippen molar-refractivity contribution in [3.8, 4) is 20.9 Å². The number of hydrogen-bond donors (Lipinski definition) is 0. The topological polar surface area (TPSA) is 0 Å². The SMILES string of the molecule is CCCCC(CC)Cc1ccc(-c2c3c[c]([Sn]([CH3])([CH3])[CH3])sc3c(-c3ccc(CC(CC)CCCC)s3)c3cc(C)sc23)s1. The van der Waals surface area contributed by atoms with Crippen LogP contribution < -0.4 is 2.89 Å². The van der Waals surface area contributed by atoms with Crippen LogP contribution in [0.5, 0.6) is 0 Å². The van der Waals surface area contributed by atoms with E-state index in [0.29, 0.717) is 0 Å². The molecule has 0 radical (unpaired) electrons. The third-order valence-corrected chi connectivity index (χ3v) is 23.1. The Morgan fingerprint density at radius 2 is 1.12 bits per heavy atom. The number of benzene rings is 1. The monoisotopic (exact) mass is 756 g/mol. The van der Waals surface area contributed by atoms with E-state index in [1.165, 1.54) is 110 Å². The van der Waals surface area contributed by atoms with E-state index < -0.39 is 18.4 Å². The van der Waals surface area contributed by atoms with Gasteiger partial charge in [-0.15, -0.1) is 0 Å². The predicted octanol–water partition coefficient (Wildman–Crippen LogP) is 13.9. The molecular formula is C38H52S4Sn. The Kier molecular flexibility index (Phi) is 11.6.